The third-order valence-corrected chi connectivity index (χ3v) is 9.10. The lowest BCUT2D eigenvalue weighted by Gasteiger charge is -2.39. The first-order chi connectivity index (χ1) is 19.8. The van der Waals surface area contributed by atoms with Gasteiger partial charge in [-0.25, -0.2) is 9.69 Å². The topological polar surface area (TPSA) is 47.0 Å². The third kappa shape index (κ3) is 20.0. The second kappa shape index (κ2) is 24.7. The molecule has 244 valence electrons. The van der Waals surface area contributed by atoms with Gasteiger partial charge in [-0.1, -0.05) is 129 Å². The van der Waals surface area contributed by atoms with Crippen molar-refractivity contribution in [3.05, 3.63) is 0 Å². The average molecular weight is 582 g/mol. The molecule has 0 aromatic carbocycles. The largest absolute Gasteiger partial charge is 0.476 e. The molecule has 6 heteroatoms. The van der Waals surface area contributed by atoms with Gasteiger partial charge in [-0.3, -0.25) is 0 Å². The van der Waals surface area contributed by atoms with Crippen LogP contribution in [-0.4, -0.2) is 110 Å². The van der Waals surface area contributed by atoms with Gasteiger partial charge in [0.1, 0.15) is 0 Å². The first-order valence-electron chi connectivity index (χ1n) is 18.0. The summed E-state index contributed by atoms with van der Waals surface area (Å²) >= 11 is 0. The molecule has 0 bridgehead atoms. The van der Waals surface area contributed by atoms with E-state index in [1.807, 2.05) is 21.1 Å². The molecule has 0 saturated carbocycles. The molecule has 1 fully saturated rings. The van der Waals surface area contributed by atoms with Crippen LogP contribution in [0.25, 0.3) is 0 Å². The normalized spacial score (nSPS) is 17.3. The molecule has 0 spiro atoms. The summed E-state index contributed by atoms with van der Waals surface area (Å²) in [6, 6.07) is 0. The summed E-state index contributed by atoms with van der Waals surface area (Å²) < 4.78 is 0.437. The predicted octanol–water partition coefficient (Wildman–Crippen LogP) is 7.86. The van der Waals surface area contributed by atoms with Crippen LogP contribution in [0.1, 0.15) is 142 Å². The molecule has 1 aliphatic rings. The lowest BCUT2D eigenvalue weighted by molar-refractivity contribution is -0.899. The average Bonchev–Trinajstić information content (AvgIpc) is 3.01. The Labute approximate surface area is 256 Å². The van der Waals surface area contributed by atoms with Gasteiger partial charge < -0.3 is 19.4 Å². The van der Waals surface area contributed by atoms with Gasteiger partial charge in [-0.2, -0.15) is 0 Å². The first kappa shape index (κ1) is 38.3. The highest BCUT2D eigenvalue weighted by molar-refractivity contribution is 5.71. The Morgan fingerprint density at radius 1 is 0.537 bits per heavy atom. The van der Waals surface area contributed by atoms with E-state index in [9.17, 15) is 9.90 Å². The van der Waals surface area contributed by atoms with Crippen molar-refractivity contribution in [2.24, 2.45) is 0 Å². The Kier molecular flexibility index (Phi) is 23.1. The summed E-state index contributed by atoms with van der Waals surface area (Å²) in [4.78, 5) is 19.9. The molecule has 1 rings (SSSR count). The number of aliphatic carboxylic acids is 1. The minimum atomic E-state index is -0.695. The van der Waals surface area contributed by atoms with Crippen molar-refractivity contribution in [1.82, 2.24) is 14.7 Å². The number of rotatable bonds is 25. The summed E-state index contributed by atoms with van der Waals surface area (Å²) in [6.45, 7) is 12.8. The maximum Gasteiger partial charge on any atom is 0.379 e. The van der Waals surface area contributed by atoms with E-state index in [1.54, 1.807) is 0 Å². The molecule has 1 unspecified atom stereocenters. The van der Waals surface area contributed by atoms with E-state index in [0.29, 0.717) is 4.48 Å². The van der Waals surface area contributed by atoms with Gasteiger partial charge in [0.2, 0.25) is 6.17 Å². The number of carboxylic acid groups (broad SMARTS) is 1. The van der Waals surface area contributed by atoms with Crippen molar-refractivity contribution >= 4 is 5.97 Å². The van der Waals surface area contributed by atoms with Crippen molar-refractivity contribution in [2.45, 2.75) is 148 Å². The van der Waals surface area contributed by atoms with E-state index in [1.165, 1.54) is 128 Å². The molecule has 1 aliphatic heterocycles. The third-order valence-electron chi connectivity index (χ3n) is 9.10. The smallest absolute Gasteiger partial charge is 0.379 e. The fourth-order valence-electron chi connectivity index (χ4n) is 6.47. The van der Waals surface area contributed by atoms with Crippen molar-refractivity contribution < 1.29 is 14.4 Å². The van der Waals surface area contributed by atoms with E-state index < -0.39 is 12.1 Å². The molecule has 0 aromatic heterocycles. The summed E-state index contributed by atoms with van der Waals surface area (Å²) in [6.07, 6.45) is 26.9. The van der Waals surface area contributed by atoms with E-state index in [-0.39, 0.29) is 0 Å². The van der Waals surface area contributed by atoms with Crippen LogP contribution < -0.4 is 0 Å². The van der Waals surface area contributed by atoms with Gasteiger partial charge >= 0.3 is 5.97 Å². The van der Waals surface area contributed by atoms with Gasteiger partial charge in [0.15, 0.2) is 0 Å². The minimum absolute atomic E-state index is 0.437. The Morgan fingerprint density at radius 3 is 1.12 bits per heavy atom. The molecule has 1 heterocycles. The van der Waals surface area contributed by atoms with Crippen LogP contribution in [0, 0.1) is 0 Å². The van der Waals surface area contributed by atoms with Crippen LogP contribution in [0.4, 0.5) is 0 Å². The number of nitrogens with zero attached hydrogens (tertiary/aromatic N) is 4. The van der Waals surface area contributed by atoms with Crippen LogP contribution in [0.2, 0.25) is 0 Å². The number of carboxylic acids is 1. The van der Waals surface area contributed by atoms with Crippen LogP contribution in [0.5, 0.6) is 0 Å². The number of likely N-dealkylation sites (N-methyl/N-ethyl adjacent to an activating group) is 1. The Morgan fingerprint density at radius 2 is 0.829 bits per heavy atom. The van der Waals surface area contributed by atoms with Crippen LogP contribution in [0.15, 0.2) is 0 Å². The van der Waals surface area contributed by atoms with Gasteiger partial charge in [-0.05, 0) is 25.9 Å². The van der Waals surface area contributed by atoms with Gasteiger partial charge in [0.05, 0.1) is 21.1 Å². The number of carbonyl (C=O) groups is 1. The predicted molar refractivity (Wildman–Crippen MR) is 178 cm³/mol. The first-order valence-corrected chi connectivity index (χ1v) is 18.0. The molecule has 1 saturated heterocycles. The number of quaternary nitrogens is 1. The van der Waals surface area contributed by atoms with Crippen LogP contribution >= 0.6 is 0 Å². The molecular weight excluding hydrogens is 508 g/mol. The second-order valence-electron chi connectivity index (χ2n) is 13.9. The fourth-order valence-corrected chi connectivity index (χ4v) is 6.47. The molecule has 0 radical (unpaired) electrons. The van der Waals surface area contributed by atoms with Crippen molar-refractivity contribution in [3.63, 3.8) is 0 Å². The van der Waals surface area contributed by atoms with Gasteiger partial charge in [0, 0.05) is 39.3 Å². The van der Waals surface area contributed by atoms with Crippen LogP contribution in [0.3, 0.4) is 0 Å². The van der Waals surface area contributed by atoms with Crippen molar-refractivity contribution in [2.75, 3.05) is 73.5 Å². The lowest BCUT2D eigenvalue weighted by atomic mass is 10.1. The highest BCUT2D eigenvalue weighted by atomic mass is 16.4. The Bertz CT molecular complexity index is 573. The minimum Gasteiger partial charge on any atom is -0.476 e. The van der Waals surface area contributed by atoms with E-state index in [2.05, 4.69) is 28.5 Å². The van der Waals surface area contributed by atoms with E-state index >= 15 is 0 Å². The SMILES string of the molecule is CCCCCCCCCCCCN1CCN(CCCCCCCCCCCC)CCN(C(C(=O)O)[N+](C)(C)C)CC1. The molecule has 6 nitrogen and oxygen atoms in total. The summed E-state index contributed by atoms with van der Waals surface area (Å²) in [7, 11) is 6.07. The quantitative estimate of drug-likeness (QED) is 0.0878. The van der Waals surface area contributed by atoms with Crippen LogP contribution in [-0.2, 0) is 4.79 Å². The van der Waals surface area contributed by atoms with Gasteiger partial charge in [-0.15, -0.1) is 0 Å². The summed E-state index contributed by atoms with van der Waals surface area (Å²) in [5.74, 6) is -0.695. The Balaban J connectivity index is 2.50. The van der Waals surface area contributed by atoms with Crippen molar-refractivity contribution in [3.8, 4) is 0 Å². The molecule has 0 aromatic rings. The summed E-state index contributed by atoms with van der Waals surface area (Å²) in [5, 5.41) is 10.1. The molecule has 0 aliphatic carbocycles. The number of unbranched alkanes of at least 4 members (excludes halogenated alkanes) is 18. The Hall–Kier alpha value is -0.690. The van der Waals surface area contributed by atoms with Crippen molar-refractivity contribution in [1.29, 1.82) is 0 Å². The highest BCUT2D eigenvalue weighted by Gasteiger charge is 2.37. The maximum absolute atomic E-state index is 12.3. The molecule has 0 amide bonds. The zero-order valence-corrected chi connectivity index (χ0v) is 28.5. The monoisotopic (exact) mass is 582 g/mol. The fraction of sp³-hybridized carbons (Fsp3) is 0.971. The summed E-state index contributed by atoms with van der Waals surface area (Å²) in [5.41, 5.74) is 0. The molecular formula is C35H73N4O2+. The number of hydrogen-bond donors (Lipinski definition) is 1. The molecule has 1 atom stereocenters. The van der Waals surface area contributed by atoms with E-state index in [0.717, 1.165) is 52.4 Å². The highest BCUT2D eigenvalue weighted by Crippen LogP contribution is 2.15. The van der Waals surface area contributed by atoms with Gasteiger partial charge in [0.25, 0.3) is 0 Å². The lowest BCUT2D eigenvalue weighted by Crippen LogP contribution is -2.61. The second-order valence-corrected chi connectivity index (χ2v) is 13.9. The standard InChI is InChI=1S/C35H72N4O2/c1-6-8-10-12-14-16-18-20-22-24-26-36-28-29-37(27-25-23-21-19-17-15-13-11-9-7-2)31-33-38(32-30-36)34(35(40)41)39(3,4)5/h34H,6-33H2,1-5H3/p+1. The maximum atomic E-state index is 12.3. The zero-order chi connectivity index (χ0) is 30.2. The number of hydrogen-bond acceptors (Lipinski definition) is 4. The zero-order valence-electron chi connectivity index (χ0n) is 28.5. The van der Waals surface area contributed by atoms with E-state index in [4.69, 9.17) is 0 Å². The molecule has 1 N–H and O–H groups in total. The molecule has 41 heavy (non-hydrogen) atoms.